The quantitative estimate of drug-likeness (QED) is 0.226. The first-order valence-corrected chi connectivity index (χ1v) is 10.9. The summed E-state index contributed by atoms with van der Waals surface area (Å²) in [6, 6.07) is 13.7. The Morgan fingerprint density at radius 1 is 1.24 bits per heavy atom. The van der Waals surface area contributed by atoms with E-state index in [0.717, 1.165) is 18.1 Å². The summed E-state index contributed by atoms with van der Waals surface area (Å²) in [7, 11) is 0. The molecule has 1 fully saturated rings. The SMILES string of the molecule is CCNC(=NCCOc1cccc(NC(C)=O)c1)N1CC(C)OC(c2ccc(F)cc2)C1.I. The van der Waals surface area contributed by atoms with Crippen LogP contribution in [0, 0.1) is 5.82 Å². The van der Waals surface area contributed by atoms with Crippen LogP contribution in [0.2, 0.25) is 0 Å². The number of anilines is 1. The number of guanidine groups is 1. The van der Waals surface area contributed by atoms with Crippen molar-refractivity contribution in [3.63, 3.8) is 0 Å². The number of nitrogens with one attached hydrogen (secondary N) is 2. The van der Waals surface area contributed by atoms with Gasteiger partial charge in [-0.05, 0) is 43.7 Å². The number of morpholine rings is 1. The van der Waals surface area contributed by atoms with Crippen LogP contribution in [-0.2, 0) is 9.53 Å². The van der Waals surface area contributed by atoms with E-state index >= 15 is 0 Å². The highest BCUT2D eigenvalue weighted by atomic mass is 127. The fraction of sp³-hybridized carbons (Fsp3) is 0.417. The third-order valence-electron chi connectivity index (χ3n) is 4.91. The summed E-state index contributed by atoms with van der Waals surface area (Å²) in [5.74, 6) is 1.09. The highest BCUT2D eigenvalue weighted by molar-refractivity contribution is 14.0. The van der Waals surface area contributed by atoms with Crippen LogP contribution in [0.3, 0.4) is 0 Å². The maximum absolute atomic E-state index is 13.3. The average Bonchev–Trinajstić information content (AvgIpc) is 2.76. The van der Waals surface area contributed by atoms with E-state index in [2.05, 4.69) is 15.5 Å². The Balaban J connectivity index is 0.00000385. The third-order valence-corrected chi connectivity index (χ3v) is 4.91. The zero-order chi connectivity index (χ0) is 22.9. The normalized spacial score (nSPS) is 18.3. The molecule has 7 nitrogen and oxygen atoms in total. The molecule has 0 saturated carbocycles. The Bertz CT molecular complexity index is 926. The lowest BCUT2D eigenvalue weighted by atomic mass is 10.1. The molecule has 0 radical (unpaired) electrons. The van der Waals surface area contributed by atoms with Gasteiger partial charge in [-0.3, -0.25) is 4.79 Å². The molecule has 2 aromatic carbocycles. The van der Waals surface area contributed by atoms with Gasteiger partial charge >= 0.3 is 0 Å². The predicted octanol–water partition coefficient (Wildman–Crippen LogP) is 4.21. The second-order valence-electron chi connectivity index (χ2n) is 7.69. The second kappa shape index (κ2) is 13.3. The van der Waals surface area contributed by atoms with Crippen molar-refractivity contribution in [2.24, 2.45) is 4.99 Å². The van der Waals surface area contributed by atoms with Crippen LogP contribution in [0.15, 0.2) is 53.5 Å². The monoisotopic (exact) mass is 570 g/mol. The molecule has 0 spiro atoms. The molecule has 2 atom stereocenters. The average molecular weight is 570 g/mol. The van der Waals surface area contributed by atoms with Gasteiger partial charge in [-0.1, -0.05) is 18.2 Å². The topological polar surface area (TPSA) is 75.2 Å². The van der Waals surface area contributed by atoms with Crippen LogP contribution in [0.5, 0.6) is 5.75 Å². The smallest absolute Gasteiger partial charge is 0.221 e. The summed E-state index contributed by atoms with van der Waals surface area (Å²) in [5.41, 5.74) is 1.64. The van der Waals surface area contributed by atoms with Crippen LogP contribution in [0.25, 0.3) is 0 Å². The number of rotatable bonds is 7. The molecule has 33 heavy (non-hydrogen) atoms. The van der Waals surface area contributed by atoms with Gasteiger partial charge in [0.1, 0.15) is 24.3 Å². The van der Waals surface area contributed by atoms with Crippen molar-refractivity contribution >= 4 is 41.5 Å². The number of benzene rings is 2. The van der Waals surface area contributed by atoms with E-state index in [9.17, 15) is 9.18 Å². The number of ether oxygens (including phenoxy) is 2. The van der Waals surface area contributed by atoms with Gasteiger partial charge < -0.3 is 25.0 Å². The molecule has 1 aliphatic rings. The number of hydrogen-bond donors (Lipinski definition) is 2. The van der Waals surface area contributed by atoms with E-state index < -0.39 is 0 Å². The molecule has 2 unspecified atom stereocenters. The third kappa shape index (κ3) is 8.47. The van der Waals surface area contributed by atoms with Gasteiger partial charge in [-0.15, -0.1) is 24.0 Å². The standard InChI is InChI=1S/C24H31FN4O3.HI/c1-4-26-24(27-12-13-31-22-7-5-6-21(14-22)28-18(3)30)29-15-17(2)32-23(16-29)19-8-10-20(25)11-9-19;/h5-11,14,17,23H,4,12-13,15-16H2,1-3H3,(H,26,27)(H,28,30);1H. The number of carbonyl (C=O) groups is 1. The fourth-order valence-electron chi connectivity index (χ4n) is 3.59. The lowest BCUT2D eigenvalue weighted by Gasteiger charge is -2.38. The summed E-state index contributed by atoms with van der Waals surface area (Å²) in [5, 5.41) is 6.08. The zero-order valence-corrected chi connectivity index (χ0v) is 21.5. The first kappa shape index (κ1) is 26.8. The van der Waals surface area contributed by atoms with Gasteiger partial charge in [-0.25, -0.2) is 9.38 Å². The Labute approximate surface area is 211 Å². The van der Waals surface area contributed by atoms with Gasteiger partial charge in [0.25, 0.3) is 0 Å². The number of aliphatic imine (C=N–C) groups is 1. The number of amides is 1. The minimum atomic E-state index is -0.257. The van der Waals surface area contributed by atoms with Crippen molar-refractivity contribution in [2.45, 2.75) is 33.0 Å². The van der Waals surface area contributed by atoms with E-state index in [-0.39, 0.29) is 47.9 Å². The molecule has 9 heteroatoms. The van der Waals surface area contributed by atoms with Crippen molar-refractivity contribution in [2.75, 3.05) is 38.1 Å². The molecule has 1 aliphatic heterocycles. The molecule has 0 bridgehead atoms. The molecule has 0 aromatic heterocycles. The van der Waals surface area contributed by atoms with Crippen molar-refractivity contribution < 1.29 is 18.7 Å². The second-order valence-corrected chi connectivity index (χ2v) is 7.69. The van der Waals surface area contributed by atoms with Crippen LogP contribution >= 0.6 is 24.0 Å². The van der Waals surface area contributed by atoms with E-state index in [1.165, 1.54) is 19.1 Å². The van der Waals surface area contributed by atoms with Crippen molar-refractivity contribution in [1.29, 1.82) is 0 Å². The fourth-order valence-corrected chi connectivity index (χ4v) is 3.59. The highest BCUT2D eigenvalue weighted by Crippen LogP contribution is 2.25. The maximum Gasteiger partial charge on any atom is 0.221 e. The Morgan fingerprint density at radius 3 is 2.70 bits per heavy atom. The molecular formula is C24H32FIN4O3. The zero-order valence-electron chi connectivity index (χ0n) is 19.2. The molecule has 2 N–H and O–H groups in total. The van der Waals surface area contributed by atoms with E-state index in [1.54, 1.807) is 18.2 Å². The van der Waals surface area contributed by atoms with Crippen LogP contribution in [-0.4, -0.2) is 55.7 Å². The number of hydrogen-bond acceptors (Lipinski definition) is 4. The summed E-state index contributed by atoms with van der Waals surface area (Å²) >= 11 is 0. The first-order chi connectivity index (χ1) is 15.4. The summed E-state index contributed by atoms with van der Waals surface area (Å²) in [6.45, 7) is 8.48. The summed E-state index contributed by atoms with van der Waals surface area (Å²) in [6.07, 6.45) is -0.147. The summed E-state index contributed by atoms with van der Waals surface area (Å²) < 4.78 is 25.2. The molecule has 1 heterocycles. The van der Waals surface area contributed by atoms with Gasteiger partial charge in [0.05, 0.1) is 19.2 Å². The van der Waals surface area contributed by atoms with Gasteiger partial charge in [0.2, 0.25) is 5.91 Å². The van der Waals surface area contributed by atoms with Crippen LogP contribution in [0.1, 0.15) is 32.4 Å². The molecule has 3 rings (SSSR count). The van der Waals surface area contributed by atoms with Crippen molar-refractivity contribution in [1.82, 2.24) is 10.2 Å². The van der Waals surface area contributed by atoms with Crippen LogP contribution < -0.4 is 15.4 Å². The van der Waals surface area contributed by atoms with Crippen molar-refractivity contribution in [3.8, 4) is 5.75 Å². The van der Waals surface area contributed by atoms with E-state index in [1.807, 2.05) is 32.0 Å². The number of carbonyl (C=O) groups excluding carboxylic acids is 1. The maximum atomic E-state index is 13.3. The summed E-state index contributed by atoms with van der Waals surface area (Å²) in [4.78, 5) is 18.1. The minimum Gasteiger partial charge on any atom is -0.492 e. The molecule has 180 valence electrons. The lowest BCUT2D eigenvalue weighted by Crippen LogP contribution is -2.50. The Kier molecular flexibility index (Phi) is 10.9. The predicted molar refractivity (Wildman–Crippen MR) is 139 cm³/mol. The van der Waals surface area contributed by atoms with E-state index in [4.69, 9.17) is 14.5 Å². The molecular weight excluding hydrogens is 538 g/mol. The number of nitrogens with zero attached hydrogens (tertiary/aromatic N) is 2. The lowest BCUT2D eigenvalue weighted by molar-refractivity contribution is -0.114. The van der Waals surface area contributed by atoms with Crippen molar-refractivity contribution in [3.05, 3.63) is 59.9 Å². The first-order valence-electron chi connectivity index (χ1n) is 10.9. The highest BCUT2D eigenvalue weighted by Gasteiger charge is 2.28. The largest absolute Gasteiger partial charge is 0.492 e. The van der Waals surface area contributed by atoms with Gasteiger partial charge in [-0.2, -0.15) is 0 Å². The molecule has 0 aliphatic carbocycles. The minimum absolute atomic E-state index is 0. The Morgan fingerprint density at radius 2 is 2.00 bits per heavy atom. The number of halogens is 2. The Hall–Kier alpha value is -2.40. The van der Waals surface area contributed by atoms with Gasteiger partial charge in [0, 0.05) is 31.8 Å². The molecule has 1 saturated heterocycles. The van der Waals surface area contributed by atoms with E-state index in [0.29, 0.717) is 37.7 Å². The molecule has 2 aromatic rings. The molecule has 1 amide bonds. The van der Waals surface area contributed by atoms with Gasteiger partial charge in [0.15, 0.2) is 5.96 Å². The van der Waals surface area contributed by atoms with Crippen LogP contribution in [0.4, 0.5) is 10.1 Å².